The number of amides is 2. The Hall–Kier alpha value is -2.38. The molecule has 0 saturated carbocycles. The van der Waals surface area contributed by atoms with Crippen LogP contribution in [0.3, 0.4) is 0 Å². The minimum Gasteiger partial charge on any atom is -0.480 e. The van der Waals surface area contributed by atoms with Crippen molar-refractivity contribution in [1.82, 2.24) is 10.5 Å². The number of aryl methyl sites for hydroxylation is 1. The standard InChI is InChI=1S/C9H11N3O5/c1-4-5(3-11-17-4)8(14)12-6(9(15)16)2-7(10)13/h3,6H,2H2,1H3,(H2,10,13)(H,12,14)(H,15,16)/t6-/m1/s1. The number of carbonyl (C=O) groups is 3. The molecule has 0 aromatic carbocycles. The minimum atomic E-state index is -1.37. The van der Waals surface area contributed by atoms with E-state index in [4.69, 9.17) is 10.8 Å². The highest BCUT2D eigenvalue weighted by Gasteiger charge is 2.24. The third-order valence-electron chi connectivity index (χ3n) is 2.00. The molecule has 4 N–H and O–H groups in total. The summed E-state index contributed by atoms with van der Waals surface area (Å²) in [6.07, 6.45) is 0.680. The van der Waals surface area contributed by atoms with E-state index < -0.39 is 30.2 Å². The van der Waals surface area contributed by atoms with E-state index in [0.29, 0.717) is 0 Å². The largest absolute Gasteiger partial charge is 0.480 e. The van der Waals surface area contributed by atoms with Gasteiger partial charge in [0.15, 0.2) is 0 Å². The van der Waals surface area contributed by atoms with Gasteiger partial charge in [0.25, 0.3) is 5.91 Å². The summed E-state index contributed by atoms with van der Waals surface area (Å²) in [7, 11) is 0. The number of nitrogens with two attached hydrogens (primary N) is 1. The SMILES string of the molecule is Cc1oncc1C(=O)N[C@H](CC(N)=O)C(=O)O. The van der Waals surface area contributed by atoms with E-state index in [1.54, 1.807) is 0 Å². The van der Waals surface area contributed by atoms with Gasteiger partial charge in [0.2, 0.25) is 5.91 Å². The number of aliphatic carboxylic acids is 1. The van der Waals surface area contributed by atoms with Crippen LogP contribution in [-0.2, 0) is 9.59 Å². The van der Waals surface area contributed by atoms with Gasteiger partial charge in [-0.1, -0.05) is 5.16 Å². The van der Waals surface area contributed by atoms with E-state index in [1.165, 1.54) is 6.92 Å². The topological polar surface area (TPSA) is 136 Å². The van der Waals surface area contributed by atoms with Gasteiger partial charge in [-0.15, -0.1) is 0 Å². The molecule has 0 aliphatic carbocycles. The number of hydrogen-bond donors (Lipinski definition) is 3. The second-order valence-electron chi connectivity index (χ2n) is 3.33. The highest BCUT2D eigenvalue weighted by atomic mass is 16.5. The molecule has 8 nitrogen and oxygen atoms in total. The number of primary amides is 1. The smallest absolute Gasteiger partial charge is 0.326 e. The van der Waals surface area contributed by atoms with Gasteiger partial charge in [0.1, 0.15) is 17.4 Å². The lowest BCUT2D eigenvalue weighted by Gasteiger charge is -2.11. The van der Waals surface area contributed by atoms with Crippen LogP contribution in [0.5, 0.6) is 0 Å². The summed E-state index contributed by atoms with van der Waals surface area (Å²) in [5.74, 6) is -2.59. The fourth-order valence-corrected chi connectivity index (χ4v) is 1.15. The molecule has 1 heterocycles. The van der Waals surface area contributed by atoms with Gasteiger partial charge in [-0.25, -0.2) is 4.79 Å². The van der Waals surface area contributed by atoms with Gasteiger partial charge in [0, 0.05) is 0 Å². The number of hydrogen-bond acceptors (Lipinski definition) is 5. The van der Waals surface area contributed by atoms with E-state index in [9.17, 15) is 14.4 Å². The Morgan fingerprint density at radius 2 is 2.24 bits per heavy atom. The van der Waals surface area contributed by atoms with Gasteiger partial charge in [-0.2, -0.15) is 0 Å². The third-order valence-corrected chi connectivity index (χ3v) is 2.00. The van der Waals surface area contributed by atoms with E-state index in [-0.39, 0.29) is 11.3 Å². The summed E-state index contributed by atoms with van der Waals surface area (Å²) in [5, 5.41) is 14.3. The molecule has 8 heteroatoms. The van der Waals surface area contributed by atoms with Crippen LogP contribution >= 0.6 is 0 Å². The lowest BCUT2D eigenvalue weighted by Crippen LogP contribution is -2.43. The van der Waals surface area contributed by atoms with Crippen molar-refractivity contribution in [2.45, 2.75) is 19.4 Å². The van der Waals surface area contributed by atoms with Crippen LogP contribution in [0.4, 0.5) is 0 Å². The Morgan fingerprint density at radius 3 is 2.65 bits per heavy atom. The highest BCUT2D eigenvalue weighted by molar-refractivity contribution is 5.97. The maximum atomic E-state index is 11.6. The first kappa shape index (κ1) is 12.7. The van der Waals surface area contributed by atoms with Crippen LogP contribution in [0.2, 0.25) is 0 Å². The van der Waals surface area contributed by atoms with Crippen molar-refractivity contribution in [1.29, 1.82) is 0 Å². The van der Waals surface area contributed by atoms with Gasteiger partial charge in [-0.3, -0.25) is 9.59 Å². The molecule has 1 atom stereocenters. The molecule has 0 fully saturated rings. The molecule has 0 bridgehead atoms. The van der Waals surface area contributed by atoms with Crippen molar-refractivity contribution in [3.8, 4) is 0 Å². The van der Waals surface area contributed by atoms with Crippen molar-refractivity contribution in [3.63, 3.8) is 0 Å². The lowest BCUT2D eigenvalue weighted by molar-refractivity contribution is -0.140. The number of carboxylic acids is 1. The van der Waals surface area contributed by atoms with Crippen LogP contribution in [0.15, 0.2) is 10.7 Å². The quantitative estimate of drug-likeness (QED) is 0.607. The first-order valence-electron chi connectivity index (χ1n) is 4.65. The Labute approximate surface area is 95.8 Å². The van der Waals surface area contributed by atoms with E-state index in [2.05, 4.69) is 15.0 Å². The Balaban J connectivity index is 2.74. The second kappa shape index (κ2) is 5.10. The zero-order valence-electron chi connectivity index (χ0n) is 8.97. The molecule has 0 spiro atoms. The van der Waals surface area contributed by atoms with E-state index in [0.717, 1.165) is 6.20 Å². The predicted octanol–water partition coefficient (Wildman–Crippen LogP) is -0.959. The Bertz CT molecular complexity index is 453. The highest BCUT2D eigenvalue weighted by Crippen LogP contribution is 2.06. The molecule has 1 aromatic rings. The average molecular weight is 241 g/mol. The normalized spacial score (nSPS) is 11.8. The fraction of sp³-hybridized carbons (Fsp3) is 0.333. The molecule has 0 aliphatic rings. The monoisotopic (exact) mass is 241 g/mol. The van der Waals surface area contributed by atoms with Crippen LogP contribution in [0.25, 0.3) is 0 Å². The van der Waals surface area contributed by atoms with Crippen molar-refractivity contribution in [3.05, 3.63) is 17.5 Å². The Kier molecular flexibility index (Phi) is 3.81. The fourth-order valence-electron chi connectivity index (χ4n) is 1.15. The molecular weight excluding hydrogens is 230 g/mol. The number of nitrogens with zero attached hydrogens (tertiary/aromatic N) is 1. The molecule has 2 amide bonds. The second-order valence-corrected chi connectivity index (χ2v) is 3.33. The molecule has 0 unspecified atom stereocenters. The van der Waals surface area contributed by atoms with Crippen LogP contribution in [0, 0.1) is 6.92 Å². The Morgan fingerprint density at radius 1 is 1.59 bits per heavy atom. The zero-order chi connectivity index (χ0) is 13.0. The molecule has 1 rings (SSSR count). The maximum absolute atomic E-state index is 11.6. The summed E-state index contributed by atoms with van der Waals surface area (Å²) in [6, 6.07) is -1.37. The summed E-state index contributed by atoms with van der Waals surface area (Å²) in [6.45, 7) is 1.51. The molecule has 92 valence electrons. The summed E-state index contributed by atoms with van der Waals surface area (Å²) >= 11 is 0. The van der Waals surface area contributed by atoms with Crippen molar-refractivity contribution < 1.29 is 24.0 Å². The van der Waals surface area contributed by atoms with E-state index >= 15 is 0 Å². The number of nitrogens with one attached hydrogen (secondary N) is 1. The van der Waals surface area contributed by atoms with Crippen LogP contribution in [0.1, 0.15) is 22.5 Å². The number of carbonyl (C=O) groups excluding carboxylic acids is 2. The lowest BCUT2D eigenvalue weighted by atomic mass is 10.1. The van der Waals surface area contributed by atoms with E-state index in [1.807, 2.05) is 0 Å². The summed E-state index contributed by atoms with van der Waals surface area (Å²) < 4.78 is 4.66. The van der Waals surface area contributed by atoms with Crippen LogP contribution in [-0.4, -0.2) is 34.1 Å². The first-order chi connectivity index (χ1) is 7.91. The molecule has 1 aromatic heterocycles. The minimum absolute atomic E-state index is 0.112. The zero-order valence-corrected chi connectivity index (χ0v) is 8.97. The van der Waals surface area contributed by atoms with Gasteiger partial charge in [0.05, 0.1) is 12.6 Å². The molecule has 0 saturated heterocycles. The molecule has 0 radical (unpaired) electrons. The predicted molar refractivity (Wildman–Crippen MR) is 53.9 cm³/mol. The number of aromatic nitrogens is 1. The van der Waals surface area contributed by atoms with Gasteiger partial charge in [-0.05, 0) is 6.92 Å². The first-order valence-corrected chi connectivity index (χ1v) is 4.65. The summed E-state index contributed by atoms with van der Waals surface area (Å²) in [4.78, 5) is 33.0. The van der Waals surface area contributed by atoms with Crippen molar-refractivity contribution >= 4 is 17.8 Å². The number of carboxylic acid groups (broad SMARTS) is 1. The average Bonchev–Trinajstić information content (AvgIpc) is 2.62. The molecular formula is C9H11N3O5. The molecule has 17 heavy (non-hydrogen) atoms. The van der Waals surface area contributed by atoms with Crippen LogP contribution < -0.4 is 11.1 Å². The van der Waals surface area contributed by atoms with Crippen molar-refractivity contribution in [2.24, 2.45) is 5.73 Å². The summed E-state index contributed by atoms with van der Waals surface area (Å²) in [5.41, 5.74) is 4.98. The number of rotatable bonds is 5. The maximum Gasteiger partial charge on any atom is 0.326 e. The van der Waals surface area contributed by atoms with Gasteiger partial charge >= 0.3 is 5.97 Å². The molecule has 0 aliphatic heterocycles. The third kappa shape index (κ3) is 3.30. The van der Waals surface area contributed by atoms with Crippen molar-refractivity contribution in [2.75, 3.05) is 0 Å². The van der Waals surface area contributed by atoms with Gasteiger partial charge < -0.3 is 20.7 Å².